The molecule has 0 saturated carbocycles. The molecule has 0 aromatic carbocycles. The van der Waals surface area contributed by atoms with E-state index < -0.39 is 0 Å². The average molecular weight is 227 g/mol. The summed E-state index contributed by atoms with van der Waals surface area (Å²) < 4.78 is 0. The lowest BCUT2D eigenvalue weighted by Gasteiger charge is -2.28. The van der Waals surface area contributed by atoms with Crippen LogP contribution in [-0.2, 0) is 0 Å². The van der Waals surface area contributed by atoms with Gasteiger partial charge in [-0.25, -0.2) is 0 Å². The van der Waals surface area contributed by atoms with Crippen molar-refractivity contribution in [3.05, 3.63) is 0 Å². The molecular formula is C12H25N3O. The van der Waals surface area contributed by atoms with E-state index in [1.807, 2.05) is 7.05 Å². The van der Waals surface area contributed by atoms with Gasteiger partial charge in [-0.15, -0.1) is 0 Å². The van der Waals surface area contributed by atoms with Crippen molar-refractivity contribution in [3.63, 3.8) is 0 Å². The molecule has 2 fully saturated rings. The van der Waals surface area contributed by atoms with E-state index in [4.69, 9.17) is 0 Å². The van der Waals surface area contributed by atoms with Crippen LogP contribution in [0.4, 0.5) is 0 Å². The molecule has 2 saturated heterocycles. The summed E-state index contributed by atoms with van der Waals surface area (Å²) in [4.78, 5) is 5.07. The fourth-order valence-corrected chi connectivity index (χ4v) is 3.10. The number of nitrogens with one attached hydrogen (secondary N) is 1. The maximum absolute atomic E-state index is 9.21. The monoisotopic (exact) mass is 227 g/mol. The number of aliphatic hydroxyl groups is 1. The first-order valence-electron chi connectivity index (χ1n) is 6.47. The second-order valence-electron chi connectivity index (χ2n) is 5.27. The quantitative estimate of drug-likeness (QED) is 0.694. The van der Waals surface area contributed by atoms with E-state index >= 15 is 0 Å². The van der Waals surface area contributed by atoms with E-state index in [9.17, 15) is 5.11 Å². The van der Waals surface area contributed by atoms with Gasteiger partial charge in [0.05, 0.1) is 6.61 Å². The lowest BCUT2D eigenvalue weighted by Crippen LogP contribution is -2.45. The Balaban J connectivity index is 1.88. The van der Waals surface area contributed by atoms with Crippen molar-refractivity contribution in [1.29, 1.82) is 0 Å². The van der Waals surface area contributed by atoms with Crippen molar-refractivity contribution in [3.8, 4) is 0 Å². The van der Waals surface area contributed by atoms with Crippen molar-refractivity contribution in [2.24, 2.45) is 0 Å². The molecular weight excluding hydrogens is 202 g/mol. The minimum absolute atomic E-state index is 0.224. The predicted molar refractivity (Wildman–Crippen MR) is 65.6 cm³/mol. The van der Waals surface area contributed by atoms with Gasteiger partial charge >= 0.3 is 0 Å². The molecule has 3 unspecified atom stereocenters. The maximum Gasteiger partial charge on any atom is 0.0597 e. The van der Waals surface area contributed by atoms with Crippen LogP contribution in [0.2, 0.25) is 0 Å². The minimum atomic E-state index is 0.224. The third-order valence-electron chi connectivity index (χ3n) is 4.34. The Bertz CT molecular complexity index is 220. The average Bonchev–Trinajstić information content (AvgIpc) is 2.53. The number of hydrogen-bond acceptors (Lipinski definition) is 4. The molecule has 4 nitrogen and oxygen atoms in total. The van der Waals surface area contributed by atoms with E-state index in [-0.39, 0.29) is 12.6 Å². The molecule has 0 aliphatic carbocycles. The molecule has 0 aromatic heterocycles. The molecule has 2 heterocycles. The molecule has 0 radical (unpaired) electrons. The molecule has 16 heavy (non-hydrogen) atoms. The van der Waals surface area contributed by atoms with Crippen LogP contribution in [0, 0.1) is 0 Å². The standard InChI is InChI=1S/C12H25N3O/c1-13-10(9-16)7-15-6-5-11-3-4-12(8-15)14(11)2/h10-13,16H,3-9H2,1-2H3. The van der Waals surface area contributed by atoms with Crippen LogP contribution in [-0.4, -0.2) is 73.4 Å². The largest absolute Gasteiger partial charge is 0.395 e. The van der Waals surface area contributed by atoms with Gasteiger partial charge < -0.3 is 15.3 Å². The second kappa shape index (κ2) is 5.45. The van der Waals surface area contributed by atoms with Crippen LogP contribution in [0.5, 0.6) is 0 Å². The minimum Gasteiger partial charge on any atom is -0.395 e. The lowest BCUT2D eigenvalue weighted by atomic mass is 10.1. The van der Waals surface area contributed by atoms with E-state index in [2.05, 4.69) is 22.2 Å². The van der Waals surface area contributed by atoms with Gasteiger partial charge in [-0.2, -0.15) is 0 Å². The summed E-state index contributed by atoms with van der Waals surface area (Å²) in [6.45, 7) is 3.57. The molecule has 0 aromatic rings. The molecule has 3 atom stereocenters. The van der Waals surface area contributed by atoms with Gasteiger partial charge in [0, 0.05) is 31.2 Å². The Kier molecular flexibility index (Phi) is 4.19. The van der Waals surface area contributed by atoms with Crippen LogP contribution < -0.4 is 5.32 Å². The van der Waals surface area contributed by atoms with Gasteiger partial charge in [-0.05, 0) is 39.9 Å². The first-order valence-corrected chi connectivity index (χ1v) is 6.47. The third-order valence-corrected chi connectivity index (χ3v) is 4.34. The van der Waals surface area contributed by atoms with Crippen molar-refractivity contribution >= 4 is 0 Å². The Morgan fingerprint density at radius 1 is 1.31 bits per heavy atom. The summed E-state index contributed by atoms with van der Waals surface area (Å²) in [5.41, 5.74) is 0. The molecule has 2 N–H and O–H groups in total. The first-order chi connectivity index (χ1) is 7.74. The summed E-state index contributed by atoms with van der Waals surface area (Å²) >= 11 is 0. The normalized spacial score (nSPS) is 33.9. The molecule has 4 heteroatoms. The van der Waals surface area contributed by atoms with Crippen LogP contribution in [0.3, 0.4) is 0 Å². The predicted octanol–water partition coefficient (Wildman–Crippen LogP) is -0.265. The highest BCUT2D eigenvalue weighted by Crippen LogP contribution is 2.28. The SMILES string of the molecule is CNC(CO)CN1CCC2CCC(C1)N2C. The number of hydrogen-bond donors (Lipinski definition) is 2. The highest BCUT2D eigenvalue weighted by Gasteiger charge is 2.34. The van der Waals surface area contributed by atoms with Crippen LogP contribution in [0.15, 0.2) is 0 Å². The van der Waals surface area contributed by atoms with Gasteiger partial charge in [0.2, 0.25) is 0 Å². The summed E-state index contributed by atoms with van der Waals surface area (Å²) in [6, 6.07) is 1.77. The fourth-order valence-electron chi connectivity index (χ4n) is 3.10. The highest BCUT2D eigenvalue weighted by atomic mass is 16.3. The maximum atomic E-state index is 9.21. The van der Waals surface area contributed by atoms with E-state index in [1.165, 1.54) is 32.4 Å². The summed E-state index contributed by atoms with van der Waals surface area (Å²) in [5, 5.41) is 12.4. The van der Waals surface area contributed by atoms with Crippen LogP contribution >= 0.6 is 0 Å². The van der Waals surface area contributed by atoms with Gasteiger partial charge in [0.15, 0.2) is 0 Å². The van der Waals surface area contributed by atoms with Crippen molar-refractivity contribution in [2.75, 3.05) is 40.3 Å². The molecule has 2 bridgehead atoms. The second-order valence-corrected chi connectivity index (χ2v) is 5.27. The Labute approximate surface area is 98.6 Å². The Hall–Kier alpha value is -0.160. The van der Waals surface area contributed by atoms with Crippen LogP contribution in [0.25, 0.3) is 0 Å². The summed E-state index contributed by atoms with van der Waals surface area (Å²) in [7, 11) is 4.20. The summed E-state index contributed by atoms with van der Waals surface area (Å²) in [5.74, 6) is 0. The Morgan fingerprint density at radius 2 is 2.06 bits per heavy atom. The Morgan fingerprint density at radius 3 is 2.75 bits per heavy atom. The molecule has 94 valence electrons. The highest BCUT2D eigenvalue weighted by molar-refractivity contribution is 4.91. The molecule has 0 spiro atoms. The van der Waals surface area contributed by atoms with Gasteiger partial charge in [-0.1, -0.05) is 0 Å². The zero-order chi connectivity index (χ0) is 11.5. The van der Waals surface area contributed by atoms with E-state index in [1.54, 1.807) is 0 Å². The number of likely N-dealkylation sites (N-methyl/N-ethyl adjacent to an activating group) is 2. The summed E-state index contributed by atoms with van der Waals surface area (Å²) in [6.07, 6.45) is 4.01. The van der Waals surface area contributed by atoms with Gasteiger partial charge in [0.25, 0.3) is 0 Å². The number of nitrogens with zero attached hydrogens (tertiary/aromatic N) is 2. The van der Waals surface area contributed by atoms with E-state index in [0.717, 1.165) is 18.6 Å². The zero-order valence-corrected chi connectivity index (χ0v) is 10.5. The number of fused-ring (bicyclic) bond motifs is 2. The number of likely N-dealkylation sites (tertiary alicyclic amines) is 1. The first kappa shape index (κ1) is 12.3. The van der Waals surface area contributed by atoms with Crippen molar-refractivity contribution in [2.45, 2.75) is 37.4 Å². The fraction of sp³-hybridized carbons (Fsp3) is 1.00. The van der Waals surface area contributed by atoms with Crippen molar-refractivity contribution in [1.82, 2.24) is 15.1 Å². The van der Waals surface area contributed by atoms with Crippen LogP contribution in [0.1, 0.15) is 19.3 Å². The molecule has 2 rings (SSSR count). The third kappa shape index (κ3) is 2.56. The lowest BCUT2D eigenvalue weighted by molar-refractivity contribution is 0.172. The van der Waals surface area contributed by atoms with E-state index in [0.29, 0.717) is 0 Å². The molecule has 2 aliphatic rings. The smallest absolute Gasteiger partial charge is 0.0597 e. The van der Waals surface area contributed by atoms with Gasteiger partial charge in [0.1, 0.15) is 0 Å². The molecule has 0 amide bonds. The van der Waals surface area contributed by atoms with Crippen molar-refractivity contribution < 1.29 is 5.11 Å². The number of aliphatic hydroxyl groups excluding tert-OH is 1. The number of rotatable bonds is 4. The molecule has 2 aliphatic heterocycles. The van der Waals surface area contributed by atoms with Gasteiger partial charge in [-0.3, -0.25) is 4.90 Å². The zero-order valence-electron chi connectivity index (χ0n) is 10.5. The topological polar surface area (TPSA) is 38.7 Å².